The number of rotatable bonds is 6. The van der Waals surface area contributed by atoms with Crippen molar-refractivity contribution in [2.75, 3.05) is 0 Å². The van der Waals surface area contributed by atoms with E-state index < -0.39 is 11.5 Å². The molecule has 0 bridgehead atoms. The quantitative estimate of drug-likeness (QED) is 0.199. The van der Waals surface area contributed by atoms with Gasteiger partial charge in [-0.25, -0.2) is 4.79 Å². The summed E-state index contributed by atoms with van der Waals surface area (Å²) in [6.45, 7) is 0.751. The van der Waals surface area contributed by atoms with Crippen LogP contribution in [0.25, 0.3) is 39.7 Å². The van der Waals surface area contributed by atoms with Gasteiger partial charge < -0.3 is 19.5 Å². The lowest BCUT2D eigenvalue weighted by Gasteiger charge is -2.26. The monoisotopic (exact) mass is 612 g/mol. The highest BCUT2D eigenvalue weighted by molar-refractivity contribution is 6.01. The van der Waals surface area contributed by atoms with E-state index in [2.05, 4.69) is 63.6 Å². The van der Waals surface area contributed by atoms with E-state index in [-0.39, 0.29) is 11.5 Å². The fourth-order valence-electron chi connectivity index (χ4n) is 7.91. The Kier molecular flexibility index (Phi) is 7.08. The largest absolute Gasteiger partial charge is 0.478 e. The van der Waals surface area contributed by atoms with Gasteiger partial charge in [0.15, 0.2) is 5.82 Å². The van der Waals surface area contributed by atoms with Crippen molar-refractivity contribution in [2.45, 2.75) is 75.8 Å². The molecule has 2 fully saturated rings. The summed E-state index contributed by atoms with van der Waals surface area (Å²) < 4.78 is 8.03. The maximum absolute atomic E-state index is 14.1. The first-order chi connectivity index (χ1) is 22.5. The average molecular weight is 613 g/mol. The van der Waals surface area contributed by atoms with Gasteiger partial charge in [-0.05, 0) is 79.1 Å². The minimum atomic E-state index is -0.994. The van der Waals surface area contributed by atoms with Gasteiger partial charge in [-0.1, -0.05) is 79.7 Å². The number of hydrogen-bond donors (Lipinski definition) is 2. The molecule has 2 saturated carbocycles. The third-order valence-corrected chi connectivity index (χ3v) is 10.2. The molecule has 2 aromatic heterocycles. The van der Waals surface area contributed by atoms with Crippen molar-refractivity contribution in [3.8, 4) is 22.7 Å². The van der Waals surface area contributed by atoms with Crippen molar-refractivity contribution in [1.29, 1.82) is 0 Å². The van der Waals surface area contributed by atoms with E-state index in [4.69, 9.17) is 9.51 Å². The van der Waals surface area contributed by atoms with Gasteiger partial charge in [-0.2, -0.15) is 4.98 Å². The molecule has 0 atom stereocenters. The lowest BCUT2D eigenvalue weighted by Crippen LogP contribution is -2.44. The summed E-state index contributed by atoms with van der Waals surface area (Å²) in [6, 6.07) is 21.2. The van der Waals surface area contributed by atoms with Gasteiger partial charge >= 0.3 is 5.97 Å². The number of carboxylic acid groups (broad SMARTS) is 1. The third-order valence-electron chi connectivity index (χ3n) is 10.2. The Morgan fingerprint density at radius 1 is 0.913 bits per heavy atom. The van der Waals surface area contributed by atoms with Crippen molar-refractivity contribution in [2.24, 2.45) is 0 Å². The molecule has 5 aromatic rings. The van der Waals surface area contributed by atoms with Gasteiger partial charge in [0.25, 0.3) is 11.8 Å². The number of allylic oxidation sites excluding steroid dienone is 1. The van der Waals surface area contributed by atoms with E-state index in [1.54, 1.807) is 12.1 Å². The smallest absolute Gasteiger partial charge is 0.335 e. The number of carbonyl (C=O) groups excluding carboxylic acids is 1. The molecule has 3 heterocycles. The van der Waals surface area contributed by atoms with E-state index in [1.165, 1.54) is 72.0 Å². The van der Waals surface area contributed by atoms with Crippen molar-refractivity contribution >= 4 is 28.9 Å². The summed E-state index contributed by atoms with van der Waals surface area (Å²) in [7, 11) is 0. The molecule has 8 rings (SSSR count). The van der Waals surface area contributed by atoms with Crippen LogP contribution >= 0.6 is 0 Å². The number of aromatic nitrogens is 3. The molecular weight excluding hydrogens is 576 g/mol. The normalized spacial score (nSPS) is 17.4. The number of benzene rings is 3. The molecule has 3 aliphatic rings. The van der Waals surface area contributed by atoms with Crippen LogP contribution in [0.15, 0.2) is 77.3 Å². The zero-order chi connectivity index (χ0) is 31.3. The summed E-state index contributed by atoms with van der Waals surface area (Å²) in [6.07, 6.45) is 14.0. The highest BCUT2D eigenvalue weighted by atomic mass is 16.5. The second-order valence-electron chi connectivity index (χ2n) is 13.0. The molecule has 232 valence electrons. The van der Waals surface area contributed by atoms with Crippen LogP contribution in [0, 0.1) is 0 Å². The number of aromatic carboxylic acids is 1. The Hall–Kier alpha value is -4.98. The highest BCUT2D eigenvalue weighted by Gasteiger charge is 2.42. The number of nitrogens with one attached hydrogen (secondary N) is 1. The predicted molar refractivity (Wildman–Crippen MR) is 177 cm³/mol. The third kappa shape index (κ3) is 4.83. The van der Waals surface area contributed by atoms with Crippen LogP contribution in [-0.4, -0.2) is 31.7 Å². The van der Waals surface area contributed by atoms with E-state index in [1.807, 2.05) is 6.07 Å². The SMILES string of the molecule is O=C(O)c1ccc(-c2nc(C3(NC(=O)c4ccc5c(C6CCCCC6)c6n(c5c4)CC=Cc4ccccc4-6)CCCC3)no2)cc1. The minimum absolute atomic E-state index is 0.153. The Balaban J connectivity index is 1.15. The molecule has 0 saturated heterocycles. The lowest BCUT2D eigenvalue weighted by molar-refractivity contribution is 0.0696. The molecular formula is C38H36N4O4. The van der Waals surface area contributed by atoms with E-state index in [9.17, 15) is 14.7 Å². The Morgan fingerprint density at radius 2 is 1.67 bits per heavy atom. The van der Waals surface area contributed by atoms with Gasteiger partial charge in [-0.3, -0.25) is 4.79 Å². The van der Waals surface area contributed by atoms with E-state index in [0.717, 1.165) is 24.9 Å². The van der Waals surface area contributed by atoms with Crippen LogP contribution in [0.5, 0.6) is 0 Å². The zero-order valence-electron chi connectivity index (χ0n) is 25.7. The molecule has 2 aliphatic carbocycles. The maximum Gasteiger partial charge on any atom is 0.335 e. The van der Waals surface area contributed by atoms with Crippen LogP contribution in [0.4, 0.5) is 0 Å². The second-order valence-corrected chi connectivity index (χ2v) is 13.0. The van der Waals surface area contributed by atoms with Gasteiger partial charge in [-0.15, -0.1) is 0 Å². The minimum Gasteiger partial charge on any atom is -0.478 e. The van der Waals surface area contributed by atoms with Crippen LogP contribution < -0.4 is 5.32 Å². The Labute approximate surface area is 267 Å². The van der Waals surface area contributed by atoms with Crippen LogP contribution in [0.3, 0.4) is 0 Å². The molecule has 46 heavy (non-hydrogen) atoms. The molecule has 8 heteroatoms. The maximum atomic E-state index is 14.1. The van der Waals surface area contributed by atoms with Crippen LogP contribution in [0.1, 0.15) is 101 Å². The molecule has 0 radical (unpaired) electrons. The van der Waals surface area contributed by atoms with Crippen molar-refractivity contribution in [1.82, 2.24) is 20.0 Å². The van der Waals surface area contributed by atoms with Crippen molar-refractivity contribution in [3.63, 3.8) is 0 Å². The van der Waals surface area contributed by atoms with Gasteiger partial charge in [0.1, 0.15) is 5.54 Å². The molecule has 0 spiro atoms. The molecule has 8 nitrogen and oxygen atoms in total. The average Bonchev–Trinajstić information content (AvgIpc) is 3.81. The Morgan fingerprint density at radius 3 is 2.46 bits per heavy atom. The Bertz CT molecular complexity index is 1990. The molecule has 2 N–H and O–H groups in total. The molecule has 1 amide bonds. The number of nitrogens with zero attached hydrogens (tertiary/aromatic N) is 3. The standard InChI is InChI=1S/C38H36N4O4/c43-34(40-38(20-6-7-21-38)37-39-35(46-41-37)26-14-16-27(17-15-26)36(44)45)28-18-19-30-31(23-28)42-22-8-12-24-9-4-5-13-29(24)33(42)32(30)25-10-2-1-3-11-25/h4-5,8-9,12-19,23,25H,1-3,6-7,10-11,20-22H2,(H,40,43)(H,44,45). The summed E-state index contributed by atoms with van der Waals surface area (Å²) in [5.41, 5.74) is 7.01. The predicted octanol–water partition coefficient (Wildman–Crippen LogP) is 8.33. The van der Waals surface area contributed by atoms with Crippen molar-refractivity contribution < 1.29 is 19.2 Å². The molecule has 0 unspecified atom stereocenters. The van der Waals surface area contributed by atoms with Gasteiger partial charge in [0.2, 0.25) is 0 Å². The van der Waals surface area contributed by atoms with Gasteiger partial charge in [0, 0.05) is 34.1 Å². The lowest BCUT2D eigenvalue weighted by atomic mass is 9.81. The number of carboxylic acids is 1. The summed E-state index contributed by atoms with van der Waals surface area (Å²) >= 11 is 0. The number of hydrogen-bond acceptors (Lipinski definition) is 5. The summed E-state index contributed by atoms with van der Waals surface area (Å²) in [5, 5.41) is 18.1. The topological polar surface area (TPSA) is 110 Å². The van der Waals surface area contributed by atoms with E-state index in [0.29, 0.717) is 41.6 Å². The van der Waals surface area contributed by atoms with Crippen molar-refractivity contribution in [3.05, 3.63) is 101 Å². The fourth-order valence-corrected chi connectivity index (χ4v) is 7.91. The second kappa shape index (κ2) is 11.4. The fraction of sp³-hybridized carbons (Fsp3) is 0.316. The number of carbonyl (C=O) groups is 2. The first kappa shape index (κ1) is 28.5. The van der Waals surface area contributed by atoms with Crippen LogP contribution in [-0.2, 0) is 12.1 Å². The summed E-state index contributed by atoms with van der Waals surface area (Å²) in [5.74, 6) is 0.113. The highest BCUT2D eigenvalue weighted by Crippen LogP contribution is 2.46. The number of fused-ring (bicyclic) bond motifs is 5. The van der Waals surface area contributed by atoms with Gasteiger partial charge in [0.05, 0.1) is 11.3 Å². The molecule has 1 aliphatic heterocycles. The first-order valence-corrected chi connectivity index (χ1v) is 16.4. The molecule has 3 aromatic carbocycles. The van der Waals surface area contributed by atoms with Crippen LogP contribution in [0.2, 0.25) is 0 Å². The summed E-state index contributed by atoms with van der Waals surface area (Å²) in [4.78, 5) is 30.0. The van der Waals surface area contributed by atoms with E-state index >= 15 is 0 Å². The first-order valence-electron chi connectivity index (χ1n) is 16.4. The number of amides is 1. The zero-order valence-corrected chi connectivity index (χ0v) is 25.7.